The van der Waals surface area contributed by atoms with Crippen LogP contribution >= 0.6 is 0 Å². The van der Waals surface area contributed by atoms with Crippen molar-refractivity contribution in [3.8, 4) is 11.4 Å². The number of ether oxygens (including phenoxy) is 1. The van der Waals surface area contributed by atoms with Gasteiger partial charge in [0.2, 0.25) is 10.0 Å². The van der Waals surface area contributed by atoms with Crippen molar-refractivity contribution in [3.05, 3.63) is 65.0 Å². The Morgan fingerprint density at radius 1 is 1.15 bits per heavy atom. The van der Waals surface area contributed by atoms with Gasteiger partial charge in [0.1, 0.15) is 0 Å². The standard InChI is InChI=1S/C22H23F3N4O4S/c1-13-9-17(34(31,32)28(3)4)11-18(14(13)2)26-21(30)20-19(33-5)12-29(27-20)16-8-6-7-15(10-16)22(23,24)25/h6-12H,1-5H3,(H,26,30). The van der Waals surface area contributed by atoms with Crippen molar-refractivity contribution >= 4 is 21.6 Å². The van der Waals surface area contributed by atoms with E-state index >= 15 is 0 Å². The molecule has 0 unspecified atom stereocenters. The maximum Gasteiger partial charge on any atom is 0.416 e. The van der Waals surface area contributed by atoms with Crippen molar-refractivity contribution in [2.75, 3.05) is 26.5 Å². The molecule has 0 spiro atoms. The van der Waals surface area contributed by atoms with E-state index < -0.39 is 27.7 Å². The number of carbonyl (C=O) groups excluding carboxylic acids is 1. The molecule has 1 N–H and O–H groups in total. The second kappa shape index (κ2) is 9.11. The van der Waals surface area contributed by atoms with Gasteiger partial charge in [-0.1, -0.05) is 6.07 Å². The zero-order chi connectivity index (χ0) is 25.4. The number of methoxy groups -OCH3 is 1. The zero-order valence-electron chi connectivity index (χ0n) is 19.1. The van der Waals surface area contributed by atoms with Crippen LogP contribution in [0.5, 0.6) is 5.75 Å². The Hall–Kier alpha value is -3.38. The van der Waals surface area contributed by atoms with Crippen LogP contribution in [0.2, 0.25) is 0 Å². The molecule has 0 saturated heterocycles. The van der Waals surface area contributed by atoms with E-state index in [9.17, 15) is 26.4 Å². The molecule has 3 aromatic rings. The van der Waals surface area contributed by atoms with Crippen LogP contribution in [0.1, 0.15) is 27.2 Å². The Bertz CT molecular complexity index is 1350. The molecule has 0 saturated carbocycles. The van der Waals surface area contributed by atoms with Crippen LogP contribution in [0.4, 0.5) is 18.9 Å². The van der Waals surface area contributed by atoms with Crippen LogP contribution < -0.4 is 10.1 Å². The van der Waals surface area contributed by atoms with Crippen molar-refractivity contribution in [3.63, 3.8) is 0 Å². The van der Waals surface area contributed by atoms with Crippen molar-refractivity contribution in [2.24, 2.45) is 0 Å². The number of sulfonamides is 1. The van der Waals surface area contributed by atoms with Gasteiger partial charge in [-0.25, -0.2) is 17.4 Å². The molecule has 0 fully saturated rings. The Balaban J connectivity index is 2.00. The van der Waals surface area contributed by atoms with Gasteiger partial charge in [-0.05, 0) is 55.3 Å². The van der Waals surface area contributed by atoms with Gasteiger partial charge in [0.25, 0.3) is 5.91 Å². The predicted molar refractivity (Wildman–Crippen MR) is 120 cm³/mol. The molecule has 1 heterocycles. The van der Waals surface area contributed by atoms with Crippen molar-refractivity contribution in [2.45, 2.75) is 24.9 Å². The van der Waals surface area contributed by atoms with Crippen molar-refractivity contribution in [1.82, 2.24) is 14.1 Å². The van der Waals surface area contributed by atoms with Crippen molar-refractivity contribution in [1.29, 1.82) is 0 Å². The summed E-state index contributed by atoms with van der Waals surface area (Å²) in [5.41, 5.74) is 0.565. The lowest BCUT2D eigenvalue weighted by Gasteiger charge is -2.16. The van der Waals surface area contributed by atoms with Crippen LogP contribution in [0.15, 0.2) is 47.5 Å². The second-order valence-corrected chi connectivity index (χ2v) is 9.84. The molecule has 34 heavy (non-hydrogen) atoms. The van der Waals surface area contributed by atoms with Gasteiger partial charge < -0.3 is 10.1 Å². The van der Waals surface area contributed by atoms with Gasteiger partial charge >= 0.3 is 6.18 Å². The third-order valence-electron chi connectivity index (χ3n) is 5.22. The lowest BCUT2D eigenvalue weighted by molar-refractivity contribution is -0.137. The van der Waals surface area contributed by atoms with Crippen LogP contribution in [0, 0.1) is 13.8 Å². The number of hydrogen-bond donors (Lipinski definition) is 1. The number of halogens is 3. The molecule has 1 amide bonds. The number of aryl methyl sites for hydroxylation is 1. The highest BCUT2D eigenvalue weighted by molar-refractivity contribution is 7.89. The molecule has 1 aromatic heterocycles. The van der Waals surface area contributed by atoms with Gasteiger partial charge in [0.15, 0.2) is 11.4 Å². The molecule has 8 nitrogen and oxygen atoms in total. The molecule has 3 rings (SSSR count). The summed E-state index contributed by atoms with van der Waals surface area (Å²) >= 11 is 0. The fourth-order valence-corrected chi connectivity index (χ4v) is 4.13. The molecule has 0 aliphatic carbocycles. The fraction of sp³-hybridized carbons (Fsp3) is 0.273. The summed E-state index contributed by atoms with van der Waals surface area (Å²) in [5, 5.41) is 6.74. The minimum Gasteiger partial charge on any atom is -0.493 e. The van der Waals surface area contributed by atoms with Gasteiger partial charge in [-0.2, -0.15) is 18.3 Å². The summed E-state index contributed by atoms with van der Waals surface area (Å²) in [6, 6.07) is 7.31. The minimum atomic E-state index is -4.54. The largest absolute Gasteiger partial charge is 0.493 e. The average molecular weight is 497 g/mol. The van der Waals surface area contributed by atoms with Crippen LogP contribution in [-0.2, 0) is 16.2 Å². The highest BCUT2D eigenvalue weighted by Crippen LogP contribution is 2.31. The Kier molecular flexibility index (Phi) is 6.76. The van der Waals surface area contributed by atoms with Gasteiger partial charge in [0.05, 0.1) is 29.5 Å². The number of rotatable bonds is 6. The number of nitrogens with one attached hydrogen (secondary N) is 1. The molecular formula is C22H23F3N4O4S. The predicted octanol–water partition coefficient (Wildman–Crippen LogP) is 4.02. The van der Waals surface area contributed by atoms with E-state index in [0.29, 0.717) is 11.1 Å². The van der Waals surface area contributed by atoms with E-state index in [1.807, 2.05) is 0 Å². The molecular weight excluding hydrogens is 473 g/mol. The van der Waals surface area contributed by atoms with E-state index in [0.717, 1.165) is 21.1 Å². The Morgan fingerprint density at radius 2 is 1.82 bits per heavy atom. The number of benzene rings is 2. The van der Waals surface area contributed by atoms with Crippen LogP contribution in [0.25, 0.3) is 5.69 Å². The number of carbonyl (C=O) groups is 1. The van der Waals surface area contributed by atoms with Gasteiger partial charge in [0, 0.05) is 19.8 Å². The van der Waals surface area contributed by atoms with Gasteiger partial charge in [-0.3, -0.25) is 4.79 Å². The lowest BCUT2D eigenvalue weighted by atomic mass is 10.1. The number of nitrogens with zero attached hydrogens (tertiary/aromatic N) is 3. The van der Waals surface area contributed by atoms with Crippen LogP contribution in [0.3, 0.4) is 0 Å². The number of aromatic nitrogens is 2. The minimum absolute atomic E-state index is 0.00244. The van der Waals surface area contributed by atoms with Crippen LogP contribution in [-0.4, -0.2) is 49.6 Å². The van der Waals surface area contributed by atoms with E-state index in [1.54, 1.807) is 13.8 Å². The molecule has 0 aliphatic rings. The van der Waals surface area contributed by atoms with E-state index in [1.165, 1.54) is 51.7 Å². The van der Waals surface area contributed by atoms with Gasteiger partial charge in [-0.15, -0.1) is 0 Å². The zero-order valence-corrected chi connectivity index (χ0v) is 19.9. The number of amides is 1. The highest BCUT2D eigenvalue weighted by atomic mass is 32.2. The summed E-state index contributed by atoms with van der Waals surface area (Å²) in [7, 11) is 0.335. The molecule has 2 aromatic carbocycles. The Morgan fingerprint density at radius 3 is 2.41 bits per heavy atom. The van der Waals surface area contributed by atoms with E-state index in [-0.39, 0.29) is 27.7 Å². The SMILES string of the molecule is COc1cn(-c2cccc(C(F)(F)F)c2)nc1C(=O)Nc1cc(S(=O)(=O)N(C)C)cc(C)c1C. The fourth-order valence-electron chi connectivity index (χ4n) is 3.12. The Labute approximate surface area is 195 Å². The number of hydrogen-bond acceptors (Lipinski definition) is 5. The molecule has 182 valence electrons. The first-order chi connectivity index (χ1) is 15.8. The molecule has 0 bridgehead atoms. The second-order valence-electron chi connectivity index (χ2n) is 7.69. The normalized spacial score (nSPS) is 12.1. The quantitative estimate of drug-likeness (QED) is 0.557. The summed E-state index contributed by atoms with van der Waals surface area (Å²) in [6.07, 6.45) is -3.25. The monoisotopic (exact) mass is 496 g/mol. The molecule has 0 radical (unpaired) electrons. The first kappa shape index (κ1) is 25.2. The smallest absolute Gasteiger partial charge is 0.416 e. The first-order valence-electron chi connectivity index (χ1n) is 9.92. The molecule has 12 heteroatoms. The average Bonchev–Trinajstić information content (AvgIpc) is 3.20. The van der Waals surface area contributed by atoms with E-state index in [2.05, 4.69) is 10.4 Å². The number of alkyl halides is 3. The summed E-state index contributed by atoms with van der Waals surface area (Å²) < 4.78 is 71.7. The summed E-state index contributed by atoms with van der Waals surface area (Å²) in [5.74, 6) is -0.689. The highest BCUT2D eigenvalue weighted by Gasteiger charge is 2.31. The van der Waals surface area contributed by atoms with Crippen molar-refractivity contribution < 1.29 is 31.1 Å². The maximum absolute atomic E-state index is 13.1. The topological polar surface area (TPSA) is 93.5 Å². The molecule has 0 aliphatic heterocycles. The molecule has 0 atom stereocenters. The maximum atomic E-state index is 13.1. The third kappa shape index (κ3) is 4.92. The number of anilines is 1. The van der Waals surface area contributed by atoms with E-state index in [4.69, 9.17) is 4.74 Å². The third-order valence-corrected chi connectivity index (χ3v) is 7.01. The lowest BCUT2D eigenvalue weighted by Crippen LogP contribution is -2.23. The summed E-state index contributed by atoms with van der Waals surface area (Å²) in [4.78, 5) is 13.0. The summed E-state index contributed by atoms with van der Waals surface area (Å²) in [6.45, 7) is 3.43. The first-order valence-corrected chi connectivity index (χ1v) is 11.4.